The van der Waals surface area contributed by atoms with Gasteiger partial charge in [0, 0.05) is 22.3 Å². The number of carbonyl (C=O) groups excluding carboxylic acids is 1. The van der Waals surface area contributed by atoms with Crippen LogP contribution >= 0.6 is 11.3 Å². The van der Waals surface area contributed by atoms with E-state index in [9.17, 15) is 4.79 Å². The second-order valence-electron chi connectivity index (χ2n) is 8.64. The number of amides is 1. The average molecular weight is 503 g/mol. The fourth-order valence-corrected chi connectivity index (χ4v) is 4.73. The van der Waals surface area contributed by atoms with Crippen LogP contribution in [-0.4, -0.2) is 44.1 Å². The molecule has 0 saturated heterocycles. The van der Waals surface area contributed by atoms with Gasteiger partial charge in [-0.3, -0.25) is 10.7 Å². The normalized spacial score (nSPS) is 11.9. The highest BCUT2D eigenvalue weighted by molar-refractivity contribution is 7.20. The molecule has 1 unspecified atom stereocenters. The molecule has 36 heavy (non-hydrogen) atoms. The molecule has 0 fully saturated rings. The number of anilines is 1. The van der Waals surface area contributed by atoms with Crippen LogP contribution in [0.15, 0.2) is 78.9 Å². The maximum atomic E-state index is 12.7. The Morgan fingerprint density at radius 2 is 1.81 bits per heavy atom. The van der Waals surface area contributed by atoms with Gasteiger partial charge in [-0.2, -0.15) is 0 Å². The Morgan fingerprint density at radius 3 is 2.56 bits per heavy atom. The predicted molar refractivity (Wildman–Crippen MR) is 146 cm³/mol. The maximum Gasteiger partial charge on any atom is 0.411 e. The van der Waals surface area contributed by atoms with Gasteiger partial charge in [0.15, 0.2) is 6.10 Å². The van der Waals surface area contributed by atoms with Gasteiger partial charge < -0.3 is 20.1 Å². The van der Waals surface area contributed by atoms with Gasteiger partial charge >= 0.3 is 6.09 Å². The van der Waals surface area contributed by atoms with E-state index in [0.29, 0.717) is 10.6 Å². The van der Waals surface area contributed by atoms with Crippen LogP contribution < -0.4 is 15.8 Å². The molecule has 186 valence electrons. The average Bonchev–Trinajstić information content (AvgIpc) is 3.32. The molecule has 7 nitrogen and oxygen atoms in total. The number of benzene rings is 3. The summed E-state index contributed by atoms with van der Waals surface area (Å²) in [5, 5.41) is 11.5. The van der Waals surface area contributed by atoms with Crippen molar-refractivity contribution < 1.29 is 14.3 Å². The van der Waals surface area contributed by atoms with Crippen LogP contribution in [0.5, 0.6) is 5.75 Å². The van der Waals surface area contributed by atoms with Crippen molar-refractivity contribution in [2.24, 2.45) is 5.73 Å². The SMILES string of the molecule is CN(C)CCc1ccccc1NC(=O)OCC(Oc1cccc2sc(C(=N)N)cc12)c1ccccc1. The number of likely N-dealkylation sites (N-methyl/N-ethyl adjacent to an activating group) is 1. The van der Waals surface area contributed by atoms with Crippen LogP contribution in [-0.2, 0) is 11.2 Å². The predicted octanol–water partition coefficient (Wildman–Crippen LogP) is 5.66. The Bertz CT molecular complexity index is 1340. The lowest BCUT2D eigenvalue weighted by molar-refractivity contribution is 0.0910. The van der Waals surface area contributed by atoms with Crippen LogP contribution in [0.2, 0.25) is 0 Å². The minimum atomic E-state index is -0.538. The molecule has 0 bridgehead atoms. The summed E-state index contributed by atoms with van der Waals surface area (Å²) in [7, 11) is 4.04. The fraction of sp³-hybridized carbons (Fsp3) is 0.214. The molecule has 4 N–H and O–H groups in total. The van der Waals surface area contributed by atoms with Crippen molar-refractivity contribution in [3.8, 4) is 5.75 Å². The van der Waals surface area contributed by atoms with Crippen LogP contribution in [0.25, 0.3) is 10.1 Å². The van der Waals surface area contributed by atoms with Gasteiger partial charge in [0.05, 0.1) is 4.88 Å². The molecule has 0 spiro atoms. The largest absolute Gasteiger partial charge is 0.481 e. The molecule has 8 heteroatoms. The van der Waals surface area contributed by atoms with E-state index in [4.69, 9.17) is 20.6 Å². The van der Waals surface area contributed by atoms with Crippen molar-refractivity contribution in [1.29, 1.82) is 5.41 Å². The second kappa shape index (κ2) is 11.7. The summed E-state index contributed by atoms with van der Waals surface area (Å²) in [4.78, 5) is 15.5. The molecular formula is C28H30N4O3S. The molecule has 0 saturated carbocycles. The summed E-state index contributed by atoms with van der Waals surface area (Å²) in [6, 6.07) is 25.0. The van der Waals surface area contributed by atoms with Gasteiger partial charge in [-0.05, 0) is 55.9 Å². The number of carbonyl (C=O) groups is 1. The number of nitrogens with one attached hydrogen (secondary N) is 2. The van der Waals surface area contributed by atoms with E-state index in [1.54, 1.807) is 0 Å². The maximum absolute atomic E-state index is 12.7. The van der Waals surface area contributed by atoms with E-state index >= 15 is 0 Å². The van der Waals surface area contributed by atoms with Crippen molar-refractivity contribution in [3.05, 3.63) is 94.9 Å². The zero-order valence-corrected chi connectivity index (χ0v) is 21.2. The van der Waals surface area contributed by atoms with E-state index in [1.165, 1.54) is 11.3 Å². The molecule has 1 atom stereocenters. The number of fused-ring (bicyclic) bond motifs is 1. The molecule has 3 aromatic carbocycles. The van der Waals surface area contributed by atoms with Crippen LogP contribution in [0, 0.1) is 5.41 Å². The summed E-state index contributed by atoms with van der Waals surface area (Å²) >= 11 is 1.44. The Morgan fingerprint density at radius 1 is 1.06 bits per heavy atom. The molecule has 0 aliphatic rings. The summed E-state index contributed by atoms with van der Waals surface area (Å²) in [6.07, 6.45) is -0.247. The minimum absolute atomic E-state index is 0.0210. The topological polar surface area (TPSA) is 101 Å². The Hall–Kier alpha value is -3.88. The third-order valence-corrected chi connectivity index (χ3v) is 6.81. The quantitative estimate of drug-likeness (QED) is 0.192. The molecule has 4 aromatic rings. The Kier molecular flexibility index (Phi) is 8.20. The smallest absolute Gasteiger partial charge is 0.411 e. The molecule has 0 aliphatic heterocycles. The fourth-order valence-electron chi connectivity index (χ4n) is 3.79. The molecule has 4 rings (SSSR count). The van der Waals surface area contributed by atoms with Gasteiger partial charge in [-0.15, -0.1) is 11.3 Å². The number of amidine groups is 1. The molecule has 0 aliphatic carbocycles. The Balaban J connectivity index is 1.50. The number of hydrogen-bond donors (Lipinski definition) is 3. The number of nitrogens with two attached hydrogens (primary N) is 1. The van der Waals surface area contributed by atoms with Crippen molar-refractivity contribution in [2.45, 2.75) is 12.5 Å². The van der Waals surface area contributed by atoms with Gasteiger partial charge in [-0.25, -0.2) is 4.79 Å². The first-order chi connectivity index (χ1) is 17.4. The number of para-hydroxylation sites is 1. The van der Waals surface area contributed by atoms with Crippen LogP contribution in [0.3, 0.4) is 0 Å². The lowest BCUT2D eigenvalue weighted by Gasteiger charge is -2.21. The van der Waals surface area contributed by atoms with Crippen molar-refractivity contribution in [3.63, 3.8) is 0 Å². The summed E-state index contributed by atoms with van der Waals surface area (Å²) in [5.74, 6) is 0.663. The summed E-state index contributed by atoms with van der Waals surface area (Å²) in [5.41, 5.74) is 8.36. The molecular weight excluding hydrogens is 472 g/mol. The van der Waals surface area contributed by atoms with Crippen molar-refractivity contribution in [1.82, 2.24) is 4.90 Å². The third-order valence-electron chi connectivity index (χ3n) is 5.68. The van der Waals surface area contributed by atoms with Crippen LogP contribution in [0.1, 0.15) is 22.1 Å². The lowest BCUT2D eigenvalue weighted by Crippen LogP contribution is -2.22. The molecule has 0 radical (unpaired) electrons. The third kappa shape index (κ3) is 6.41. The number of hydrogen-bond acceptors (Lipinski definition) is 6. The first-order valence-electron chi connectivity index (χ1n) is 11.7. The number of ether oxygens (including phenoxy) is 2. The van der Waals surface area contributed by atoms with E-state index < -0.39 is 12.2 Å². The molecule has 1 amide bonds. The summed E-state index contributed by atoms with van der Waals surface area (Å²) in [6.45, 7) is 0.896. The van der Waals surface area contributed by atoms with Gasteiger partial charge in [0.1, 0.15) is 18.2 Å². The number of rotatable bonds is 10. The minimum Gasteiger partial charge on any atom is -0.481 e. The highest BCUT2D eigenvalue weighted by Crippen LogP contribution is 2.35. The van der Waals surface area contributed by atoms with Crippen molar-refractivity contribution >= 4 is 39.0 Å². The first kappa shape index (κ1) is 25.2. The second-order valence-corrected chi connectivity index (χ2v) is 9.73. The van der Waals surface area contributed by atoms with Gasteiger partial charge in [0.25, 0.3) is 0 Å². The molecule has 1 heterocycles. The first-order valence-corrected chi connectivity index (χ1v) is 12.5. The van der Waals surface area contributed by atoms with E-state index in [0.717, 1.165) is 39.9 Å². The lowest BCUT2D eigenvalue weighted by atomic mass is 10.1. The number of thiophene rings is 1. The van der Waals surface area contributed by atoms with Gasteiger partial charge in [0.2, 0.25) is 0 Å². The highest BCUT2D eigenvalue weighted by Gasteiger charge is 2.19. The van der Waals surface area contributed by atoms with E-state index in [1.807, 2.05) is 93.0 Å². The zero-order chi connectivity index (χ0) is 25.5. The number of nitrogen functional groups attached to an aromatic ring is 1. The van der Waals surface area contributed by atoms with Gasteiger partial charge in [-0.1, -0.05) is 54.6 Å². The van der Waals surface area contributed by atoms with E-state index in [2.05, 4.69) is 10.2 Å². The zero-order valence-electron chi connectivity index (χ0n) is 20.4. The molecule has 1 aromatic heterocycles. The Labute approximate surface area is 215 Å². The van der Waals surface area contributed by atoms with Crippen LogP contribution in [0.4, 0.5) is 10.5 Å². The standard InChI is InChI=1S/C28H30N4O3S/c1-32(2)16-15-19-9-6-7-12-22(19)31-28(33)34-18-24(20-10-4-3-5-11-20)35-23-13-8-14-25-21(23)17-26(36-25)27(29)30/h3-14,17,24H,15-16,18H2,1-2H3,(H3,29,30)(H,31,33). The van der Waals surface area contributed by atoms with E-state index in [-0.39, 0.29) is 12.4 Å². The van der Waals surface area contributed by atoms with Crippen molar-refractivity contribution in [2.75, 3.05) is 32.6 Å². The summed E-state index contributed by atoms with van der Waals surface area (Å²) < 4.78 is 13.0. The monoisotopic (exact) mass is 502 g/mol. The highest BCUT2D eigenvalue weighted by atomic mass is 32.1. The number of nitrogens with zero attached hydrogens (tertiary/aromatic N) is 1.